The minimum Gasteiger partial charge on any atom is -0.453 e. The van der Waals surface area contributed by atoms with Gasteiger partial charge in [0.25, 0.3) is 5.91 Å². The Morgan fingerprint density at radius 2 is 1.94 bits per heavy atom. The molecule has 5 rings (SSSR count). The van der Waals surface area contributed by atoms with Crippen molar-refractivity contribution in [1.82, 2.24) is 39.1 Å². The number of ether oxygens (including phenoxy) is 1. The maximum atomic E-state index is 12.1. The van der Waals surface area contributed by atoms with Crippen LogP contribution >= 0.6 is 0 Å². The second kappa shape index (κ2) is 7.63. The van der Waals surface area contributed by atoms with Crippen LogP contribution < -0.4 is 10.1 Å². The fraction of sp³-hybridized carbons (Fsp3) is 0.0500. The van der Waals surface area contributed by atoms with Crippen molar-refractivity contribution in [3.8, 4) is 22.8 Å². The summed E-state index contributed by atoms with van der Waals surface area (Å²) in [5.41, 5.74) is 2.46. The van der Waals surface area contributed by atoms with Gasteiger partial charge in [-0.25, -0.2) is 29.4 Å². The van der Waals surface area contributed by atoms with Crippen LogP contribution in [0, 0.1) is 0 Å². The van der Waals surface area contributed by atoms with E-state index in [4.69, 9.17) is 4.74 Å². The summed E-state index contributed by atoms with van der Waals surface area (Å²) in [6.07, 6.45) is 11.3. The van der Waals surface area contributed by atoms with Crippen molar-refractivity contribution in [2.24, 2.45) is 7.05 Å². The van der Waals surface area contributed by atoms with Crippen molar-refractivity contribution in [3.05, 3.63) is 73.9 Å². The first kappa shape index (κ1) is 18.4. The third-order valence-corrected chi connectivity index (χ3v) is 4.37. The number of aromatic nitrogens is 8. The minimum absolute atomic E-state index is 0.00610. The Kier molecular flexibility index (Phi) is 4.52. The van der Waals surface area contributed by atoms with Gasteiger partial charge in [0.2, 0.25) is 5.82 Å². The number of carbonyl (C=O) groups excluding carboxylic acids is 1. The SMILES string of the molecule is Cn1cnc(-c2cc(Oc3ccc(NC(=O)c4ncncn4)nc3)c3ccnn3c2)c1. The van der Waals surface area contributed by atoms with E-state index in [1.165, 1.54) is 18.9 Å². The molecule has 5 aromatic rings. The van der Waals surface area contributed by atoms with Gasteiger partial charge in [0.05, 0.1) is 24.4 Å². The van der Waals surface area contributed by atoms with E-state index >= 15 is 0 Å². The molecule has 0 saturated carbocycles. The number of nitrogens with one attached hydrogen (secondary N) is 1. The molecule has 5 heterocycles. The summed E-state index contributed by atoms with van der Waals surface area (Å²) >= 11 is 0. The number of rotatable bonds is 5. The van der Waals surface area contributed by atoms with E-state index in [1.807, 2.05) is 36.1 Å². The van der Waals surface area contributed by atoms with Gasteiger partial charge in [-0.2, -0.15) is 5.10 Å². The van der Waals surface area contributed by atoms with Crippen LogP contribution in [0.25, 0.3) is 16.8 Å². The Morgan fingerprint density at radius 1 is 1.06 bits per heavy atom. The molecule has 0 spiro atoms. The molecule has 11 heteroatoms. The molecular weight excluding hydrogens is 398 g/mol. The lowest BCUT2D eigenvalue weighted by atomic mass is 10.2. The smallest absolute Gasteiger partial charge is 0.294 e. The number of pyridine rings is 2. The van der Waals surface area contributed by atoms with Crippen LogP contribution in [-0.4, -0.2) is 45.0 Å². The number of anilines is 1. The van der Waals surface area contributed by atoms with Crippen LogP contribution in [0.15, 0.2) is 68.0 Å². The molecule has 5 aromatic heterocycles. The van der Waals surface area contributed by atoms with Crippen LogP contribution in [0.2, 0.25) is 0 Å². The highest BCUT2D eigenvalue weighted by atomic mass is 16.5. The number of carbonyl (C=O) groups is 1. The summed E-state index contributed by atoms with van der Waals surface area (Å²) in [4.78, 5) is 32.0. The first-order chi connectivity index (χ1) is 15.2. The molecule has 0 aliphatic carbocycles. The van der Waals surface area contributed by atoms with Gasteiger partial charge in [-0.15, -0.1) is 0 Å². The van der Waals surface area contributed by atoms with Crippen LogP contribution in [0.1, 0.15) is 10.6 Å². The topological polar surface area (TPSA) is 125 Å². The first-order valence-electron chi connectivity index (χ1n) is 9.19. The third kappa shape index (κ3) is 3.79. The van der Waals surface area contributed by atoms with E-state index in [0.29, 0.717) is 17.3 Å². The highest BCUT2D eigenvalue weighted by Crippen LogP contribution is 2.30. The molecule has 0 atom stereocenters. The van der Waals surface area contributed by atoms with Crippen LogP contribution in [0.5, 0.6) is 11.5 Å². The summed E-state index contributed by atoms with van der Waals surface area (Å²) < 4.78 is 9.66. The van der Waals surface area contributed by atoms with Crippen molar-refractivity contribution in [3.63, 3.8) is 0 Å². The second-order valence-electron chi connectivity index (χ2n) is 6.58. The van der Waals surface area contributed by atoms with Crippen LogP contribution in [-0.2, 0) is 7.05 Å². The van der Waals surface area contributed by atoms with Gasteiger partial charge in [-0.3, -0.25) is 4.79 Å². The quantitative estimate of drug-likeness (QED) is 0.465. The summed E-state index contributed by atoms with van der Waals surface area (Å²) in [5.74, 6) is 0.970. The molecule has 0 aromatic carbocycles. The number of amides is 1. The van der Waals surface area contributed by atoms with Crippen molar-refractivity contribution in [2.45, 2.75) is 0 Å². The Balaban J connectivity index is 1.38. The molecule has 0 radical (unpaired) electrons. The molecule has 0 unspecified atom stereocenters. The molecule has 1 N–H and O–H groups in total. The fourth-order valence-corrected chi connectivity index (χ4v) is 2.95. The number of imidazole rings is 1. The van der Waals surface area contributed by atoms with Crippen molar-refractivity contribution in [2.75, 3.05) is 5.32 Å². The van der Waals surface area contributed by atoms with E-state index in [9.17, 15) is 4.79 Å². The maximum Gasteiger partial charge on any atom is 0.294 e. The molecular formula is C20H15N9O2. The predicted molar refractivity (Wildman–Crippen MR) is 109 cm³/mol. The lowest BCUT2D eigenvalue weighted by Crippen LogP contribution is -2.16. The molecule has 0 bridgehead atoms. The summed E-state index contributed by atoms with van der Waals surface area (Å²) in [6.45, 7) is 0. The van der Waals surface area contributed by atoms with E-state index in [1.54, 1.807) is 29.2 Å². The van der Waals surface area contributed by atoms with Gasteiger partial charge >= 0.3 is 0 Å². The number of aryl methyl sites for hydroxylation is 1. The van der Waals surface area contributed by atoms with Crippen LogP contribution in [0.4, 0.5) is 5.82 Å². The number of hydrogen-bond acceptors (Lipinski definition) is 8. The zero-order valence-electron chi connectivity index (χ0n) is 16.2. The summed E-state index contributed by atoms with van der Waals surface area (Å²) in [7, 11) is 1.91. The molecule has 0 aliphatic heterocycles. The predicted octanol–water partition coefficient (Wildman–Crippen LogP) is 2.36. The molecule has 31 heavy (non-hydrogen) atoms. The average molecular weight is 413 g/mol. The molecule has 0 fully saturated rings. The van der Waals surface area contributed by atoms with Gasteiger partial charge in [-0.05, 0) is 24.3 Å². The van der Waals surface area contributed by atoms with E-state index in [2.05, 4.69) is 35.3 Å². The highest BCUT2D eigenvalue weighted by molar-refractivity contribution is 6.00. The zero-order chi connectivity index (χ0) is 21.2. The molecule has 152 valence electrons. The number of nitrogens with zero attached hydrogens (tertiary/aromatic N) is 8. The zero-order valence-corrected chi connectivity index (χ0v) is 16.2. The Hall–Kier alpha value is -4.67. The molecule has 11 nitrogen and oxygen atoms in total. The maximum absolute atomic E-state index is 12.1. The van der Waals surface area contributed by atoms with E-state index < -0.39 is 5.91 Å². The van der Waals surface area contributed by atoms with Gasteiger partial charge in [0.15, 0.2) is 5.75 Å². The van der Waals surface area contributed by atoms with Crippen molar-refractivity contribution in [1.29, 1.82) is 0 Å². The molecule has 0 aliphatic rings. The second-order valence-corrected chi connectivity index (χ2v) is 6.58. The standard InChI is InChI=1S/C20H15N9O2/c1-28-9-15(25-12-28)13-6-17(16-4-5-26-29(16)8-13)31-14-2-3-18(22-7-14)27-20(30)19-23-10-21-11-24-19/h2-12H,1H3,(H,22,27,30). The van der Waals surface area contributed by atoms with Gasteiger partial charge in [0.1, 0.15) is 29.7 Å². The number of fused-ring (bicyclic) bond motifs is 1. The number of hydrogen-bond donors (Lipinski definition) is 1. The third-order valence-electron chi connectivity index (χ3n) is 4.37. The summed E-state index contributed by atoms with van der Waals surface area (Å²) in [6, 6.07) is 7.09. The highest BCUT2D eigenvalue weighted by Gasteiger charge is 2.12. The molecule has 1 amide bonds. The monoisotopic (exact) mass is 413 g/mol. The van der Waals surface area contributed by atoms with Crippen LogP contribution in [0.3, 0.4) is 0 Å². The Labute approximate surface area is 175 Å². The molecule has 0 saturated heterocycles. The van der Waals surface area contributed by atoms with Gasteiger partial charge in [-0.1, -0.05) is 0 Å². The summed E-state index contributed by atoms with van der Waals surface area (Å²) in [5, 5.41) is 6.94. The van der Waals surface area contributed by atoms with E-state index in [-0.39, 0.29) is 5.82 Å². The fourth-order valence-electron chi connectivity index (χ4n) is 2.95. The average Bonchev–Trinajstić information content (AvgIpc) is 3.44. The van der Waals surface area contributed by atoms with E-state index in [0.717, 1.165) is 16.8 Å². The largest absolute Gasteiger partial charge is 0.453 e. The lowest BCUT2D eigenvalue weighted by Gasteiger charge is -2.10. The first-order valence-corrected chi connectivity index (χ1v) is 9.19. The normalized spacial score (nSPS) is 10.9. The van der Waals surface area contributed by atoms with Gasteiger partial charge < -0.3 is 14.6 Å². The minimum atomic E-state index is -0.479. The Bertz CT molecular complexity index is 1360. The van der Waals surface area contributed by atoms with Gasteiger partial charge in [0, 0.05) is 25.0 Å². The van der Waals surface area contributed by atoms with Crippen molar-refractivity contribution < 1.29 is 9.53 Å². The lowest BCUT2D eigenvalue weighted by molar-refractivity contribution is 0.101. The van der Waals surface area contributed by atoms with Crippen molar-refractivity contribution >= 4 is 17.2 Å². The Morgan fingerprint density at radius 3 is 2.68 bits per heavy atom.